The van der Waals surface area contributed by atoms with E-state index < -0.39 is 5.54 Å². The molecule has 0 aliphatic carbocycles. The number of hydrogen-bond donors (Lipinski definition) is 3. The highest BCUT2D eigenvalue weighted by atomic mass is 32.1. The highest BCUT2D eigenvalue weighted by molar-refractivity contribution is 7.17. The number of anilines is 3. The standard InChI is InChI=1S/C18H21N5O2S/c1-2-11-14(26-17(19)21-11)15(24)23-9-7-18(8-10-23)16(25)20-12-5-3-4-6-13(12)22-18/h3-6,22H,2,7-10H2,1H3,(H2,19,21)(H,20,25). The van der Waals surface area contributed by atoms with Crippen molar-refractivity contribution in [1.82, 2.24) is 9.88 Å². The van der Waals surface area contributed by atoms with Crippen LogP contribution in [-0.2, 0) is 11.2 Å². The number of benzene rings is 1. The number of likely N-dealkylation sites (tertiary alicyclic amines) is 1. The van der Waals surface area contributed by atoms with Gasteiger partial charge in [-0.25, -0.2) is 4.98 Å². The molecule has 8 heteroatoms. The van der Waals surface area contributed by atoms with Gasteiger partial charge in [0, 0.05) is 13.1 Å². The monoisotopic (exact) mass is 371 g/mol. The van der Waals surface area contributed by atoms with E-state index in [-0.39, 0.29) is 11.8 Å². The third kappa shape index (κ3) is 2.70. The van der Waals surface area contributed by atoms with Crippen molar-refractivity contribution >= 4 is 39.7 Å². The van der Waals surface area contributed by atoms with Gasteiger partial charge < -0.3 is 21.3 Å². The maximum Gasteiger partial charge on any atom is 0.265 e. The topological polar surface area (TPSA) is 100 Å². The molecule has 1 saturated heterocycles. The molecular formula is C18H21N5O2S. The van der Waals surface area contributed by atoms with Crippen molar-refractivity contribution in [2.75, 3.05) is 29.5 Å². The number of amides is 2. The summed E-state index contributed by atoms with van der Waals surface area (Å²) in [6, 6.07) is 7.68. The molecule has 0 saturated carbocycles. The lowest BCUT2D eigenvalue weighted by atomic mass is 9.84. The van der Waals surface area contributed by atoms with Crippen LogP contribution >= 0.6 is 11.3 Å². The number of carbonyl (C=O) groups is 2. The predicted octanol–water partition coefficient (Wildman–Crippen LogP) is 2.33. The van der Waals surface area contributed by atoms with Gasteiger partial charge in [0.05, 0.1) is 17.1 Å². The Labute approximate surface area is 155 Å². The number of aryl methyl sites for hydroxylation is 1. The maximum absolute atomic E-state index is 12.9. The van der Waals surface area contributed by atoms with Crippen LogP contribution in [-0.4, -0.2) is 40.3 Å². The van der Waals surface area contributed by atoms with Gasteiger partial charge in [-0.05, 0) is 31.4 Å². The fraction of sp³-hybridized carbons (Fsp3) is 0.389. The summed E-state index contributed by atoms with van der Waals surface area (Å²) in [4.78, 5) is 32.2. The molecule has 4 N–H and O–H groups in total. The fourth-order valence-corrected chi connectivity index (χ4v) is 4.51. The van der Waals surface area contributed by atoms with E-state index in [4.69, 9.17) is 5.73 Å². The third-order valence-corrected chi connectivity index (χ3v) is 6.05. The van der Waals surface area contributed by atoms with E-state index in [1.807, 2.05) is 31.2 Å². The number of nitrogens with two attached hydrogens (primary N) is 1. The van der Waals surface area contributed by atoms with Crippen molar-refractivity contribution in [3.8, 4) is 0 Å². The molecule has 0 atom stereocenters. The zero-order valence-electron chi connectivity index (χ0n) is 14.5. The van der Waals surface area contributed by atoms with Gasteiger partial charge in [-0.1, -0.05) is 30.4 Å². The summed E-state index contributed by atoms with van der Waals surface area (Å²) < 4.78 is 0. The number of hydrogen-bond acceptors (Lipinski definition) is 6. The summed E-state index contributed by atoms with van der Waals surface area (Å²) in [5.74, 6) is -0.0675. The number of rotatable bonds is 2. The number of piperidine rings is 1. The molecule has 2 aliphatic rings. The zero-order valence-corrected chi connectivity index (χ0v) is 15.4. The molecule has 136 valence electrons. The summed E-state index contributed by atoms with van der Waals surface area (Å²) in [5.41, 5.74) is 7.59. The molecule has 4 rings (SSSR count). The molecular weight excluding hydrogens is 350 g/mol. The highest BCUT2D eigenvalue weighted by Gasteiger charge is 2.45. The van der Waals surface area contributed by atoms with Gasteiger partial charge in [0.15, 0.2) is 5.13 Å². The number of carbonyl (C=O) groups excluding carboxylic acids is 2. The molecule has 26 heavy (non-hydrogen) atoms. The summed E-state index contributed by atoms with van der Waals surface area (Å²) in [5, 5.41) is 6.82. The summed E-state index contributed by atoms with van der Waals surface area (Å²) in [6.45, 7) is 2.99. The van der Waals surface area contributed by atoms with Crippen molar-refractivity contribution < 1.29 is 9.59 Å². The summed E-state index contributed by atoms with van der Waals surface area (Å²) >= 11 is 1.24. The lowest BCUT2D eigenvalue weighted by Crippen LogP contribution is -2.59. The minimum absolute atomic E-state index is 0.0282. The normalized spacial score (nSPS) is 18.2. The molecule has 0 bridgehead atoms. The van der Waals surface area contributed by atoms with Crippen LogP contribution in [0.3, 0.4) is 0 Å². The first-order valence-electron chi connectivity index (χ1n) is 8.75. The molecule has 1 aromatic heterocycles. The van der Waals surface area contributed by atoms with Crippen LogP contribution in [0.5, 0.6) is 0 Å². The van der Waals surface area contributed by atoms with Gasteiger partial charge in [-0.2, -0.15) is 0 Å². The van der Waals surface area contributed by atoms with Crippen molar-refractivity contribution in [2.45, 2.75) is 31.7 Å². The minimum atomic E-state index is -0.661. The summed E-state index contributed by atoms with van der Waals surface area (Å²) in [6.07, 6.45) is 1.80. The van der Waals surface area contributed by atoms with E-state index >= 15 is 0 Å². The van der Waals surface area contributed by atoms with Gasteiger partial charge in [-0.3, -0.25) is 9.59 Å². The molecule has 1 aromatic carbocycles. The lowest BCUT2D eigenvalue weighted by molar-refractivity contribution is -0.122. The minimum Gasteiger partial charge on any atom is -0.375 e. The van der Waals surface area contributed by atoms with Crippen LogP contribution < -0.4 is 16.4 Å². The molecule has 2 aromatic rings. The Hall–Kier alpha value is -2.61. The van der Waals surface area contributed by atoms with Gasteiger partial charge in [0.1, 0.15) is 10.4 Å². The lowest BCUT2D eigenvalue weighted by Gasteiger charge is -2.44. The van der Waals surface area contributed by atoms with Crippen LogP contribution in [0.1, 0.15) is 35.1 Å². The largest absolute Gasteiger partial charge is 0.375 e. The Kier molecular flexibility index (Phi) is 4.07. The number of thiazole rings is 1. The van der Waals surface area contributed by atoms with Crippen molar-refractivity contribution in [3.05, 3.63) is 34.8 Å². The Morgan fingerprint density at radius 1 is 1.31 bits per heavy atom. The summed E-state index contributed by atoms with van der Waals surface area (Å²) in [7, 11) is 0. The van der Waals surface area contributed by atoms with E-state index in [1.54, 1.807) is 4.90 Å². The molecule has 2 amide bonds. The van der Waals surface area contributed by atoms with E-state index in [2.05, 4.69) is 15.6 Å². The zero-order chi connectivity index (χ0) is 18.3. The third-order valence-electron chi connectivity index (χ3n) is 5.13. The van der Waals surface area contributed by atoms with Gasteiger partial charge in [-0.15, -0.1) is 0 Å². The number of nitrogen functional groups attached to an aromatic ring is 1. The van der Waals surface area contributed by atoms with E-state index in [9.17, 15) is 9.59 Å². The Balaban J connectivity index is 1.50. The first-order chi connectivity index (χ1) is 12.5. The Bertz CT molecular complexity index is 870. The smallest absolute Gasteiger partial charge is 0.265 e. The molecule has 2 aliphatic heterocycles. The second-order valence-electron chi connectivity index (χ2n) is 6.68. The molecule has 1 spiro atoms. The molecule has 7 nitrogen and oxygen atoms in total. The molecule has 3 heterocycles. The molecule has 1 fully saturated rings. The highest BCUT2D eigenvalue weighted by Crippen LogP contribution is 2.36. The van der Waals surface area contributed by atoms with E-state index in [0.717, 1.165) is 17.1 Å². The Morgan fingerprint density at radius 2 is 2.00 bits per heavy atom. The van der Waals surface area contributed by atoms with Crippen LogP contribution in [0.15, 0.2) is 24.3 Å². The number of aromatic nitrogens is 1. The fourth-order valence-electron chi connectivity index (χ4n) is 3.62. The van der Waals surface area contributed by atoms with Crippen LogP contribution in [0, 0.1) is 0 Å². The first-order valence-corrected chi connectivity index (χ1v) is 9.57. The van der Waals surface area contributed by atoms with Gasteiger partial charge >= 0.3 is 0 Å². The maximum atomic E-state index is 12.9. The quantitative estimate of drug-likeness (QED) is 0.752. The second-order valence-corrected chi connectivity index (χ2v) is 7.71. The van der Waals surface area contributed by atoms with Crippen LogP contribution in [0.2, 0.25) is 0 Å². The first kappa shape index (κ1) is 16.8. The van der Waals surface area contributed by atoms with Crippen molar-refractivity contribution in [2.24, 2.45) is 0 Å². The number of fused-ring (bicyclic) bond motifs is 1. The number of nitrogens with one attached hydrogen (secondary N) is 2. The second kappa shape index (κ2) is 6.28. The van der Waals surface area contributed by atoms with Crippen molar-refractivity contribution in [1.29, 1.82) is 0 Å². The van der Waals surface area contributed by atoms with Crippen molar-refractivity contribution in [3.63, 3.8) is 0 Å². The number of para-hydroxylation sites is 2. The van der Waals surface area contributed by atoms with Gasteiger partial charge in [0.25, 0.3) is 5.91 Å². The van der Waals surface area contributed by atoms with E-state index in [0.29, 0.717) is 42.4 Å². The van der Waals surface area contributed by atoms with Crippen LogP contribution in [0.4, 0.5) is 16.5 Å². The Morgan fingerprint density at radius 3 is 2.69 bits per heavy atom. The molecule has 0 radical (unpaired) electrons. The van der Waals surface area contributed by atoms with Gasteiger partial charge in [0.2, 0.25) is 5.91 Å². The average molecular weight is 371 g/mol. The SMILES string of the molecule is CCc1nc(N)sc1C(=O)N1CCC2(CC1)Nc1ccccc1NC2=O. The van der Waals surface area contributed by atoms with Crippen LogP contribution in [0.25, 0.3) is 0 Å². The average Bonchev–Trinajstić information content (AvgIpc) is 3.03. The van der Waals surface area contributed by atoms with E-state index in [1.165, 1.54) is 11.3 Å². The molecule has 0 unspecified atom stereocenters. The number of nitrogens with zero attached hydrogens (tertiary/aromatic N) is 2. The predicted molar refractivity (Wildman–Crippen MR) is 102 cm³/mol.